The number of carbonyl (C=O) groups is 1. The van der Waals surface area contributed by atoms with Crippen molar-refractivity contribution in [1.29, 1.82) is 0 Å². The van der Waals surface area contributed by atoms with E-state index in [1.54, 1.807) is 7.11 Å². The first-order chi connectivity index (χ1) is 12.7. The van der Waals surface area contributed by atoms with Crippen molar-refractivity contribution in [2.45, 2.75) is 19.8 Å². The maximum atomic E-state index is 11.6. The summed E-state index contributed by atoms with van der Waals surface area (Å²) in [7, 11) is 1.70. The van der Waals surface area contributed by atoms with Gasteiger partial charge in [-0.15, -0.1) is 10.2 Å². The topological polar surface area (TPSA) is 70.6 Å². The Morgan fingerprint density at radius 1 is 1.08 bits per heavy atom. The van der Waals surface area contributed by atoms with Gasteiger partial charge in [-0.05, 0) is 30.7 Å². The molecule has 7 nitrogen and oxygen atoms in total. The van der Waals surface area contributed by atoms with Crippen LogP contribution in [0.15, 0.2) is 36.4 Å². The summed E-state index contributed by atoms with van der Waals surface area (Å²) in [5, 5.41) is 11.1. The van der Waals surface area contributed by atoms with Crippen LogP contribution in [0.5, 0.6) is 5.75 Å². The zero-order chi connectivity index (χ0) is 18.4. The third-order valence-electron chi connectivity index (χ3n) is 4.42. The maximum Gasteiger partial charge on any atom is 0.225 e. The Labute approximate surface area is 154 Å². The van der Waals surface area contributed by atoms with Crippen molar-refractivity contribution in [2.75, 3.05) is 48.4 Å². The molecule has 0 bridgehead atoms. The summed E-state index contributed by atoms with van der Waals surface area (Å²) in [6, 6.07) is 11.8. The number of aromatic nitrogens is 2. The van der Waals surface area contributed by atoms with Crippen LogP contribution in [0.25, 0.3) is 0 Å². The smallest absolute Gasteiger partial charge is 0.225 e. The Hall–Kier alpha value is -2.83. The Balaban J connectivity index is 1.59. The number of benzene rings is 1. The lowest BCUT2D eigenvalue weighted by atomic mass is 10.2. The number of hydrogen-bond acceptors (Lipinski definition) is 6. The number of nitrogens with one attached hydrogen (secondary N) is 1. The van der Waals surface area contributed by atoms with E-state index in [4.69, 9.17) is 4.74 Å². The lowest BCUT2D eigenvalue weighted by Gasteiger charge is -2.37. The highest BCUT2D eigenvalue weighted by molar-refractivity contribution is 5.89. The van der Waals surface area contributed by atoms with E-state index in [0.29, 0.717) is 12.2 Å². The van der Waals surface area contributed by atoms with Crippen molar-refractivity contribution in [3.8, 4) is 5.75 Å². The molecule has 1 aliphatic rings. The molecule has 0 saturated carbocycles. The highest BCUT2D eigenvalue weighted by Crippen LogP contribution is 2.28. The van der Waals surface area contributed by atoms with E-state index >= 15 is 0 Å². The van der Waals surface area contributed by atoms with Gasteiger partial charge in [0, 0.05) is 32.6 Å². The molecule has 1 N–H and O–H groups in total. The Morgan fingerprint density at radius 3 is 2.46 bits per heavy atom. The minimum atomic E-state index is -0.0278. The normalized spacial score (nSPS) is 14.2. The van der Waals surface area contributed by atoms with Gasteiger partial charge in [-0.25, -0.2) is 0 Å². The first-order valence-corrected chi connectivity index (χ1v) is 8.97. The summed E-state index contributed by atoms with van der Waals surface area (Å²) in [6.45, 7) is 5.45. The van der Waals surface area contributed by atoms with E-state index in [1.807, 2.05) is 37.3 Å². The molecule has 1 amide bonds. The molecular weight excluding hydrogens is 330 g/mol. The predicted octanol–water partition coefficient (Wildman–Crippen LogP) is 2.55. The second kappa shape index (κ2) is 8.51. The van der Waals surface area contributed by atoms with Gasteiger partial charge in [0.2, 0.25) is 5.91 Å². The summed E-state index contributed by atoms with van der Waals surface area (Å²) < 4.78 is 5.46. The molecule has 26 heavy (non-hydrogen) atoms. The second-order valence-corrected chi connectivity index (χ2v) is 6.22. The van der Waals surface area contributed by atoms with Gasteiger partial charge >= 0.3 is 0 Å². The molecule has 1 aliphatic heterocycles. The minimum absolute atomic E-state index is 0.0278. The molecule has 0 unspecified atom stereocenters. The predicted molar refractivity (Wildman–Crippen MR) is 103 cm³/mol. The number of piperazine rings is 1. The fraction of sp³-hybridized carbons (Fsp3) is 0.421. The van der Waals surface area contributed by atoms with Crippen molar-refractivity contribution < 1.29 is 9.53 Å². The number of amides is 1. The van der Waals surface area contributed by atoms with E-state index in [9.17, 15) is 4.79 Å². The maximum absolute atomic E-state index is 11.6. The number of anilines is 3. The van der Waals surface area contributed by atoms with E-state index in [1.165, 1.54) is 0 Å². The average Bonchev–Trinajstić information content (AvgIpc) is 2.69. The van der Waals surface area contributed by atoms with Crippen LogP contribution in [-0.4, -0.2) is 49.4 Å². The van der Waals surface area contributed by atoms with Crippen LogP contribution in [0.3, 0.4) is 0 Å². The number of hydrogen-bond donors (Lipinski definition) is 1. The lowest BCUT2D eigenvalue weighted by molar-refractivity contribution is -0.116. The van der Waals surface area contributed by atoms with Crippen LogP contribution in [0, 0.1) is 0 Å². The SMILES string of the molecule is CCCC(=O)Nc1ccc(N2CCN(c3ccccc3OC)CC2)nn1. The standard InChI is InChI=1S/C19H25N5O2/c1-3-6-19(25)20-17-9-10-18(22-21-17)24-13-11-23(12-14-24)15-7-4-5-8-16(15)26-2/h4-5,7-10H,3,6,11-14H2,1-2H3,(H,20,21,25). The van der Waals surface area contributed by atoms with Crippen LogP contribution < -0.4 is 19.9 Å². The number of ether oxygens (including phenoxy) is 1. The van der Waals surface area contributed by atoms with Crippen LogP contribution in [0.4, 0.5) is 17.3 Å². The monoisotopic (exact) mass is 355 g/mol. The van der Waals surface area contributed by atoms with Gasteiger partial charge < -0.3 is 19.9 Å². The molecule has 1 fully saturated rings. The first-order valence-electron chi connectivity index (χ1n) is 8.97. The highest BCUT2D eigenvalue weighted by atomic mass is 16.5. The van der Waals surface area contributed by atoms with Crippen molar-refractivity contribution >= 4 is 23.2 Å². The Morgan fingerprint density at radius 2 is 1.81 bits per heavy atom. The fourth-order valence-electron chi connectivity index (χ4n) is 3.06. The number of carbonyl (C=O) groups excluding carboxylic acids is 1. The minimum Gasteiger partial charge on any atom is -0.495 e. The van der Waals surface area contributed by atoms with Crippen LogP contribution >= 0.6 is 0 Å². The van der Waals surface area contributed by atoms with Crippen molar-refractivity contribution in [3.63, 3.8) is 0 Å². The largest absolute Gasteiger partial charge is 0.495 e. The quantitative estimate of drug-likeness (QED) is 0.859. The molecule has 0 radical (unpaired) electrons. The third-order valence-corrected chi connectivity index (χ3v) is 4.42. The molecule has 2 aromatic rings. The summed E-state index contributed by atoms with van der Waals surface area (Å²) >= 11 is 0. The van der Waals surface area contributed by atoms with E-state index in [0.717, 1.165) is 49.9 Å². The molecule has 0 spiro atoms. The molecule has 1 aromatic heterocycles. The van der Waals surface area contributed by atoms with Crippen molar-refractivity contribution in [1.82, 2.24) is 10.2 Å². The molecule has 0 atom stereocenters. The Kier molecular flexibility index (Phi) is 5.88. The van der Waals surface area contributed by atoms with E-state index in [2.05, 4.69) is 31.4 Å². The summed E-state index contributed by atoms with van der Waals surface area (Å²) in [5.41, 5.74) is 1.12. The van der Waals surface area contributed by atoms with Gasteiger partial charge in [-0.1, -0.05) is 19.1 Å². The molecule has 1 aromatic carbocycles. The molecule has 2 heterocycles. The number of rotatable bonds is 6. The van der Waals surface area contributed by atoms with Gasteiger partial charge in [0.1, 0.15) is 5.75 Å². The number of nitrogens with zero attached hydrogens (tertiary/aromatic N) is 4. The molecule has 0 aliphatic carbocycles. The lowest BCUT2D eigenvalue weighted by Crippen LogP contribution is -2.47. The molecule has 3 rings (SSSR count). The van der Waals surface area contributed by atoms with Crippen LogP contribution in [0.1, 0.15) is 19.8 Å². The average molecular weight is 355 g/mol. The van der Waals surface area contributed by atoms with Gasteiger partial charge in [-0.3, -0.25) is 4.79 Å². The molecule has 138 valence electrons. The second-order valence-electron chi connectivity index (χ2n) is 6.22. The van der Waals surface area contributed by atoms with Gasteiger partial charge in [-0.2, -0.15) is 0 Å². The number of para-hydroxylation sites is 2. The fourth-order valence-corrected chi connectivity index (χ4v) is 3.06. The molecule has 1 saturated heterocycles. The van der Waals surface area contributed by atoms with E-state index < -0.39 is 0 Å². The number of methoxy groups -OCH3 is 1. The summed E-state index contributed by atoms with van der Waals surface area (Å²) in [5.74, 6) is 2.20. The van der Waals surface area contributed by atoms with Crippen LogP contribution in [-0.2, 0) is 4.79 Å². The molecular formula is C19H25N5O2. The van der Waals surface area contributed by atoms with Crippen molar-refractivity contribution in [3.05, 3.63) is 36.4 Å². The molecule has 7 heteroatoms. The highest BCUT2D eigenvalue weighted by Gasteiger charge is 2.20. The van der Waals surface area contributed by atoms with Gasteiger partial charge in [0.25, 0.3) is 0 Å². The van der Waals surface area contributed by atoms with Gasteiger partial charge in [0.05, 0.1) is 12.8 Å². The van der Waals surface area contributed by atoms with E-state index in [-0.39, 0.29) is 5.91 Å². The summed E-state index contributed by atoms with van der Waals surface area (Å²) in [4.78, 5) is 16.1. The third kappa shape index (κ3) is 4.22. The summed E-state index contributed by atoms with van der Waals surface area (Å²) in [6.07, 6.45) is 1.31. The Bertz CT molecular complexity index is 727. The van der Waals surface area contributed by atoms with Crippen molar-refractivity contribution in [2.24, 2.45) is 0 Å². The van der Waals surface area contributed by atoms with Gasteiger partial charge in [0.15, 0.2) is 11.6 Å². The van der Waals surface area contributed by atoms with Crippen LogP contribution in [0.2, 0.25) is 0 Å². The zero-order valence-electron chi connectivity index (χ0n) is 15.3. The first kappa shape index (κ1) is 18.0. The zero-order valence-corrected chi connectivity index (χ0v) is 15.3.